The second-order valence-corrected chi connectivity index (χ2v) is 5.50. The lowest BCUT2D eigenvalue weighted by Crippen LogP contribution is -2.26. The fourth-order valence-corrected chi connectivity index (χ4v) is 2.83. The van der Waals surface area contributed by atoms with Crippen LogP contribution in [0.5, 0.6) is 0 Å². The van der Waals surface area contributed by atoms with Crippen molar-refractivity contribution < 1.29 is 9.53 Å². The summed E-state index contributed by atoms with van der Waals surface area (Å²) >= 11 is 0. The Bertz CT molecular complexity index is 835. The second-order valence-electron chi connectivity index (χ2n) is 5.50. The highest BCUT2D eigenvalue weighted by Crippen LogP contribution is 2.32. The highest BCUT2D eigenvalue weighted by Gasteiger charge is 2.33. The smallest absolute Gasteiger partial charge is 0.414 e. The molecule has 7 nitrogen and oxygen atoms in total. The Morgan fingerprint density at radius 2 is 2.08 bits per heavy atom. The molecule has 1 unspecified atom stereocenters. The minimum atomic E-state index is -0.351. The normalized spacial score (nSPS) is 17.1. The van der Waals surface area contributed by atoms with Gasteiger partial charge in [0.25, 0.3) is 0 Å². The maximum absolute atomic E-state index is 12.3. The predicted octanol–water partition coefficient (Wildman–Crippen LogP) is 2.37. The third kappa shape index (κ3) is 2.71. The summed E-state index contributed by atoms with van der Waals surface area (Å²) in [5.74, 6) is 0. The van der Waals surface area contributed by atoms with Crippen LogP contribution in [0.2, 0.25) is 0 Å². The molecule has 1 fully saturated rings. The van der Waals surface area contributed by atoms with Crippen molar-refractivity contribution in [2.45, 2.75) is 12.6 Å². The van der Waals surface area contributed by atoms with Crippen molar-refractivity contribution in [2.75, 3.05) is 11.4 Å². The molecule has 120 valence electrons. The summed E-state index contributed by atoms with van der Waals surface area (Å²) in [6.45, 7) is 0.952. The molecule has 1 amide bonds. The van der Waals surface area contributed by atoms with Crippen molar-refractivity contribution in [3.63, 3.8) is 0 Å². The number of hydrogen-bond donors (Lipinski definition) is 0. The van der Waals surface area contributed by atoms with Crippen LogP contribution < -0.4 is 4.90 Å². The summed E-state index contributed by atoms with van der Waals surface area (Å²) in [7, 11) is 0. The number of carbonyl (C=O) groups is 1. The highest BCUT2D eigenvalue weighted by atomic mass is 16.6. The summed E-state index contributed by atoms with van der Waals surface area (Å²) in [5.41, 5.74) is 2.72. The first-order valence-corrected chi connectivity index (χ1v) is 7.63. The number of rotatable bonds is 4. The zero-order chi connectivity index (χ0) is 16.4. The SMILES string of the molecule is O=C1OC(Cn2ccnn2)CN1c1ccccc1-c1cccnc1. The lowest BCUT2D eigenvalue weighted by molar-refractivity contribution is 0.129. The Morgan fingerprint density at radius 1 is 1.17 bits per heavy atom. The number of amides is 1. The van der Waals surface area contributed by atoms with E-state index in [2.05, 4.69) is 15.3 Å². The van der Waals surface area contributed by atoms with Crippen molar-refractivity contribution in [3.05, 3.63) is 61.2 Å². The van der Waals surface area contributed by atoms with Crippen molar-refractivity contribution >= 4 is 11.8 Å². The van der Waals surface area contributed by atoms with Crippen LogP contribution in [0.3, 0.4) is 0 Å². The van der Waals surface area contributed by atoms with Crippen molar-refractivity contribution in [2.24, 2.45) is 0 Å². The van der Waals surface area contributed by atoms with E-state index in [1.807, 2.05) is 36.4 Å². The van der Waals surface area contributed by atoms with Gasteiger partial charge in [0, 0.05) is 29.7 Å². The van der Waals surface area contributed by atoms with Gasteiger partial charge in [-0.3, -0.25) is 9.88 Å². The zero-order valence-corrected chi connectivity index (χ0v) is 12.8. The van der Waals surface area contributed by atoms with Gasteiger partial charge >= 0.3 is 6.09 Å². The molecule has 0 radical (unpaired) electrons. The van der Waals surface area contributed by atoms with E-state index in [9.17, 15) is 4.79 Å². The Morgan fingerprint density at radius 3 is 2.88 bits per heavy atom. The van der Waals surface area contributed by atoms with E-state index in [4.69, 9.17) is 4.74 Å². The minimum absolute atomic E-state index is 0.263. The highest BCUT2D eigenvalue weighted by molar-refractivity contribution is 5.95. The number of hydrogen-bond acceptors (Lipinski definition) is 5. The molecule has 7 heteroatoms. The largest absolute Gasteiger partial charge is 0.442 e. The molecule has 0 saturated carbocycles. The van der Waals surface area contributed by atoms with Gasteiger partial charge in [-0.15, -0.1) is 5.10 Å². The summed E-state index contributed by atoms with van der Waals surface area (Å²) < 4.78 is 7.14. The van der Waals surface area contributed by atoms with E-state index in [0.717, 1.165) is 16.8 Å². The van der Waals surface area contributed by atoms with Gasteiger partial charge in [0.05, 0.1) is 25.0 Å². The lowest BCUT2D eigenvalue weighted by atomic mass is 10.0. The molecule has 0 N–H and O–H groups in total. The van der Waals surface area contributed by atoms with Gasteiger partial charge in [0.2, 0.25) is 0 Å². The molecular formula is C17H15N5O2. The molecule has 0 aliphatic carbocycles. The number of para-hydroxylation sites is 1. The third-order valence-electron chi connectivity index (χ3n) is 3.90. The quantitative estimate of drug-likeness (QED) is 0.737. The fraction of sp³-hybridized carbons (Fsp3) is 0.176. The molecule has 0 spiro atoms. The molecular weight excluding hydrogens is 306 g/mol. The van der Waals surface area contributed by atoms with Crippen molar-refractivity contribution in [3.8, 4) is 11.1 Å². The van der Waals surface area contributed by atoms with Gasteiger partial charge in [-0.25, -0.2) is 9.48 Å². The van der Waals surface area contributed by atoms with Crippen LogP contribution in [-0.4, -0.2) is 38.7 Å². The maximum Gasteiger partial charge on any atom is 0.414 e. The van der Waals surface area contributed by atoms with Crippen molar-refractivity contribution in [1.29, 1.82) is 0 Å². The topological polar surface area (TPSA) is 73.1 Å². The average molecular weight is 321 g/mol. The first-order chi connectivity index (χ1) is 11.8. The van der Waals surface area contributed by atoms with Crippen LogP contribution in [0, 0.1) is 0 Å². The molecule has 1 saturated heterocycles. The molecule has 2 aromatic heterocycles. The Kier molecular flexibility index (Phi) is 3.66. The van der Waals surface area contributed by atoms with E-state index < -0.39 is 0 Å². The Labute approximate surface area is 138 Å². The monoisotopic (exact) mass is 321 g/mol. The number of aromatic nitrogens is 4. The zero-order valence-electron chi connectivity index (χ0n) is 12.8. The molecule has 24 heavy (non-hydrogen) atoms. The van der Waals surface area contributed by atoms with E-state index in [1.54, 1.807) is 34.4 Å². The summed E-state index contributed by atoms with van der Waals surface area (Å²) in [6.07, 6.45) is 6.25. The second kappa shape index (κ2) is 6.11. The molecule has 3 aromatic rings. The molecule has 1 atom stereocenters. The first kappa shape index (κ1) is 14.4. The maximum atomic E-state index is 12.3. The van der Waals surface area contributed by atoms with Crippen LogP contribution >= 0.6 is 0 Å². The average Bonchev–Trinajstić information content (AvgIpc) is 3.26. The van der Waals surface area contributed by atoms with Crippen LogP contribution in [0.4, 0.5) is 10.5 Å². The minimum Gasteiger partial charge on any atom is -0.442 e. The Balaban J connectivity index is 1.61. The predicted molar refractivity (Wildman–Crippen MR) is 87.3 cm³/mol. The summed E-state index contributed by atoms with van der Waals surface area (Å²) in [6, 6.07) is 11.6. The van der Waals surface area contributed by atoms with Gasteiger partial charge in [0.1, 0.15) is 6.10 Å². The number of carbonyl (C=O) groups excluding carboxylic acids is 1. The molecule has 1 aromatic carbocycles. The first-order valence-electron chi connectivity index (χ1n) is 7.63. The summed E-state index contributed by atoms with van der Waals surface area (Å²) in [4.78, 5) is 18.2. The summed E-state index contributed by atoms with van der Waals surface area (Å²) in [5, 5.41) is 7.68. The van der Waals surface area contributed by atoms with E-state index in [0.29, 0.717) is 13.1 Å². The van der Waals surface area contributed by atoms with Crippen molar-refractivity contribution in [1.82, 2.24) is 20.0 Å². The van der Waals surface area contributed by atoms with Gasteiger partial charge in [-0.2, -0.15) is 0 Å². The third-order valence-corrected chi connectivity index (χ3v) is 3.90. The molecule has 1 aliphatic rings. The van der Waals surface area contributed by atoms with Gasteiger partial charge in [-0.05, 0) is 12.1 Å². The van der Waals surface area contributed by atoms with Gasteiger partial charge < -0.3 is 4.74 Å². The number of pyridine rings is 1. The molecule has 1 aliphatic heterocycles. The van der Waals surface area contributed by atoms with Crippen LogP contribution in [0.15, 0.2) is 61.2 Å². The van der Waals surface area contributed by atoms with E-state index in [1.165, 1.54) is 0 Å². The fourth-order valence-electron chi connectivity index (χ4n) is 2.83. The molecule has 3 heterocycles. The van der Waals surface area contributed by atoms with E-state index in [-0.39, 0.29) is 12.2 Å². The lowest BCUT2D eigenvalue weighted by Gasteiger charge is -2.17. The van der Waals surface area contributed by atoms with Crippen LogP contribution in [0.1, 0.15) is 0 Å². The van der Waals surface area contributed by atoms with Gasteiger partial charge in [0.15, 0.2) is 0 Å². The number of benzene rings is 1. The number of ether oxygens (including phenoxy) is 1. The number of nitrogens with zero attached hydrogens (tertiary/aromatic N) is 5. The standard InChI is InChI=1S/C17H15N5O2/c23-17-22(12-14(24-17)11-21-9-8-19-20-21)16-6-2-1-5-15(16)13-4-3-7-18-10-13/h1-10,14H,11-12H2. The Hall–Kier alpha value is -3.22. The number of cyclic esters (lactones) is 1. The molecule has 4 rings (SSSR count). The van der Waals surface area contributed by atoms with Crippen LogP contribution in [0.25, 0.3) is 11.1 Å². The molecule has 0 bridgehead atoms. The van der Waals surface area contributed by atoms with Crippen LogP contribution in [-0.2, 0) is 11.3 Å². The van der Waals surface area contributed by atoms with Gasteiger partial charge in [-0.1, -0.05) is 29.5 Å². The number of anilines is 1. The van der Waals surface area contributed by atoms with E-state index >= 15 is 0 Å².